The summed E-state index contributed by atoms with van der Waals surface area (Å²) in [6, 6.07) is 6.84. The fourth-order valence-electron chi connectivity index (χ4n) is 1.93. The van der Waals surface area contributed by atoms with Crippen molar-refractivity contribution in [2.75, 3.05) is 10.6 Å². The van der Waals surface area contributed by atoms with Crippen molar-refractivity contribution in [1.82, 2.24) is 0 Å². The van der Waals surface area contributed by atoms with Gasteiger partial charge in [0.15, 0.2) is 5.69 Å². The summed E-state index contributed by atoms with van der Waals surface area (Å²) < 4.78 is 5.13. The Balaban J connectivity index is 2.37. The summed E-state index contributed by atoms with van der Waals surface area (Å²) in [6.45, 7) is 1.74. The second-order valence-electron chi connectivity index (χ2n) is 3.99. The third-order valence-corrected chi connectivity index (χ3v) is 2.82. The summed E-state index contributed by atoms with van der Waals surface area (Å²) >= 11 is 0. The first-order chi connectivity index (χ1) is 8.16. The highest BCUT2D eigenvalue weighted by atomic mass is 16.4. The largest absolute Gasteiger partial charge is 0.421 e. The Morgan fingerprint density at radius 1 is 1.18 bits per heavy atom. The molecule has 2 N–H and O–H groups in total. The highest BCUT2D eigenvalue weighted by molar-refractivity contribution is 6.08. The van der Waals surface area contributed by atoms with E-state index in [4.69, 9.17) is 4.42 Å². The van der Waals surface area contributed by atoms with Crippen LogP contribution in [0.2, 0.25) is 0 Å². The summed E-state index contributed by atoms with van der Waals surface area (Å²) in [4.78, 5) is 23.2. The molecule has 0 radical (unpaired) electrons. The van der Waals surface area contributed by atoms with Crippen LogP contribution in [0.25, 0.3) is 11.0 Å². The lowest BCUT2D eigenvalue weighted by Crippen LogP contribution is -2.38. The van der Waals surface area contributed by atoms with Gasteiger partial charge in [-0.2, -0.15) is 0 Å². The van der Waals surface area contributed by atoms with Crippen molar-refractivity contribution in [3.8, 4) is 0 Å². The molecule has 1 aromatic heterocycles. The van der Waals surface area contributed by atoms with Crippen molar-refractivity contribution in [2.24, 2.45) is 0 Å². The van der Waals surface area contributed by atoms with Gasteiger partial charge in [-0.05, 0) is 19.1 Å². The minimum Gasteiger partial charge on any atom is -0.421 e. The molecule has 1 atom stereocenters. The maximum atomic E-state index is 11.7. The number of carbonyl (C=O) groups is 1. The zero-order valence-corrected chi connectivity index (χ0v) is 9.11. The van der Waals surface area contributed by atoms with Gasteiger partial charge in [0, 0.05) is 5.39 Å². The first-order valence-electron chi connectivity index (χ1n) is 5.30. The normalized spacial score (nSPS) is 18.4. The van der Waals surface area contributed by atoms with Crippen LogP contribution < -0.4 is 16.3 Å². The van der Waals surface area contributed by atoms with Crippen LogP contribution in [0, 0.1) is 0 Å². The van der Waals surface area contributed by atoms with Crippen LogP contribution in [-0.2, 0) is 4.79 Å². The Labute approximate surface area is 96.4 Å². The third-order valence-electron chi connectivity index (χ3n) is 2.82. The van der Waals surface area contributed by atoms with Crippen molar-refractivity contribution < 1.29 is 9.21 Å². The topological polar surface area (TPSA) is 71.3 Å². The quantitative estimate of drug-likeness (QED) is 0.673. The number of fused-ring (bicyclic) bond motifs is 3. The van der Waals surface area contributed by atoms with E-state index in [1.165, 1.54) is 0 Å². The predicted octanol–water partition coefficient (Wildman–Crippen LogP) is 1.55. The van der Waals surface area contributed by atoms with E-state index >= 15 is 0 Å². The molecule has 0 saturated carbocycles. The standard InChI is InChI=1S/C12H10N2O3/c1-6-11(15)14-10-9(13-6)7-4-2-3-5-8(7)17-12(10)16/h2-6,13H,1H3,(H,14,15). The van der Waals surface area contributed by atoms with Crippen molar-refractivity contribution in [3.05, 3.63) is 34.7 Å². The summed E-state index contributed by atoms with van der Waals surface area (Å²) in [5.74, 6) is -0.236. The Morgan fingerprint density at radius 2 is 1.94 bits per heavy atom. The number of carbonyl (C=O) groups excluding carboxylic acids is 1. The van der Waals surface area contributed by atoms with Gasteiger partial charge in [0.25, 0.3) is 0 Å². The molecule has 5 nitrogen and oxygen atoms in total. The van der Waals surface area contributed by atoms with Gasteiger partial charge in [-0.1, -0.05) is 12.1 Å². The van der Waals surface area contributed by atoms with E-state index < -0.39 is 5.63 Å². The second-order valence-corrected chi connectivity index (χ2v) is 3.99. The summed E-state index contributed by atoms with van der Waals surface area (Å²) in [5.41, 5.74) is 0.786. The molecular weight excluding hydrogens is 220 g/mol. The highest BCUT2D eigenvalue weighted by Gasteiger charge is 2.26. The molecule has 1 aliphatic rings. The number of para-hydroxylation sites is 1. The monoisotopic (exact) mass is 230 g/mol. The van der Waals surface area contributed by atoms with E-state index in [0.29, 0.717) is 11.3 Å². The molecule has 0 bridgehead atoms. The molecule has 1 amide bonds. The molecule has 1 unspecified atom stereocenters. The maximum Gasteiger partial charge on any atom is 0.362 e. The predicted molar refractivity (Wildman–Crippen MR) is 64.2 cm³/mol. The molecule has 2 aromatic rings. The van der Waals surface area contributed by atoms with Crippen molar-refractivity contribution >= 4 is 28.3 Å². The highest BCUT2D eigenvalue weighted by Crippen LogP contribution is 2.31. The van der Waals surface area contributed by atoms with Gasteiger partial charge in [0.2, 0.25) is 5.91 Å². The van der Waals surface area contributed by atoms with E-state index in [9.17, 15) is 9.59 Å². The fraction of sp³-hybridized carbons (Fsp3) is 0.167. The molecule has 3 rings (SSSR count). The number of hydrogen-bond acceptors (Lipinski definition) is 4. The minimum absolute atomic E-state index is 0.187. The van der Waals surface area contributed by atoms with Crippen LogP contribution in [0.4, 0.5) is 11.4 Å². The van der Waals surface area contributed by atoms with Gasteiger partial charge in [-0.25, -0.2) is 4.79 Å². The molecule has 1 aromatic carbocycles. The smallest absolute Gasteiger partial charge is 0.362 e. The average molecular weight is 230 g/mol. The molecule has 86 valence electrons. The lowest BCUT2D eigenvalue weighted by molar-refractivity contribution is -0.116. The zero-order chi connectivity index (χ0) is 12.0. The van der Waals surface area contributed by atoms with Crippen molar-refractivity contribution in [2.45, 2.75) is 13.0 Å². The van der Waals surface area contributed by atoms with Crippen LogP contribution in [0.5, 0.6) is 0 Å². The number of anilines is 2. The Kier molecular flexibility index (Phi) is 1.95. The zero-order valence-electron chi connectivity index (χ0n) is 9.11. The van der Waals surface area contributed by atoms with Gasteiger partial charge >= 0.3 is 5.63 Å². The number of nitrogens with one attached hydrogen (secondary N) is 2. The van der Waals surface area contributed by atoms with E-state index in [0.717, 1.165) is 5.39 Å². The van der Waals surface area contributed by atoms with Crippen LogP contribution in [0.1, 0.15) is 6.92 Å². The second kappa shape index (κ2) is 3.35. The van der Waals surface area contributed by atoms with E-state index in [2.05, 4.69) is 10.6 Å². The van der Waals surface area contributed by atoms with Gasteiger partial charge in [0.05, 0.1) is 5.69 Å². The van der Waals surface area contributed by atoms with E-state index in [1.54, 1.807) is 19.1 Å². The number of amides is 1. The fourth-order valence-corrected chi connectivity index (χ4v) is 1.93. The van der Waals surface area contributed by atoms with Gasteiger partial charge in [-0.15, -0.1) is 0 Å². The molecule has 0 spiro atoms. The van der Waals surface area contributed by atoms with Crippen molar-refractivity contribution in [1.29, 1.82) is 0 Å². The number of benzene rings is 1. The molecule has 17 heavy (non-hydrogen) atoms. The van der Waals surface area contributed by atoms with Crippen LogP contribution in [0.15, 0.2) is 33.5 Å². The van der Waals surface area contributed by atoms with Crippen molar-refractivity contribution in [3.63, 3.8) is 0 Å². The van der Waals surface area contributed by atoms with Gasteiger partial charge < -0.3 is 15.1 Å². The molecular formula is C12H10N2O3. The van der Waals surface area contributed by atoms with Gasteiger partial charge in [0.1, 0.15) is 11.6 Å². The van der Waals surface area contributed by atoms with Crippen LogP contribution in [-0.4, -0.2) is 11.9 Å². The lowest BCUT2D eigenvalue weighted by atomic mass is 10.1. The summed E-state index contributed by atoms with van der Waals surface area (Å²) in [7, 11) is 0. The molecule has 0 fully saturated rings. The van der Waals surface area contributed by atoms with E-state index in [-0.39, 0.29) is 17.6 Å². The molecule has 5 heteroatoms. The molecule has 2 heterocycles. The van der Waals surface area contributed by atoms with Crippen LogP contribution >= 0.6 is 0 Å². The first-order valence-corrected chi connectivity index (χ1v) is 5.30. The Hall–Kier alpha value is -2.30. The van der Waals surface area contributed by atoms with E-state index in [1.807, 2.05) is 12.1 Å². The third kappa shape index (κ3) is 1.39. The van der Waals surface area contributed by atoms with Crippen LogP contribution in [0.3, 0.4) is 0 Å². The number of rotatable bonds is 0. The minimum atomic E-state index is -0.536. The maximum absolute atomic E-state index is 11.7. The molecule has 0 saturated heterocycles. The first kappa shape index (κ1) is 9.89. The average Bonchev–Trinajstić information content (AvgIpc) is 2.32. The lowest BCUT2D eigenvalue weighted by Gasteiger charge is -2.23. The molecule has 1 aliphatic heterocycles. The summed E-state index contributed by atoms with van der Waals surface area (Å²) in [5, 5.41) is 6.37. The number of hydrogen-bond donors (Lipinski definition) is 2. The Bertz CT molecular complexity index is 675. The van der Waals surface area contributed by atoms with Gasteiger partial charge in [-0.3, -0.25) is 4.79 Å². The SMILES string of the molecule is CC1Nc2c(c(=O)oc3ccccc23)NC1=O. The molecule has 0 aliphatic carbocycles. The summed E-state index contributed by atoms with van der Waals surface area (Å²) in [6.07, 6.45) is 0. The Morgan fingerprint density at radius 3 is 2.76 bits per heavy atom.